The third-order valence-corrected chi connectivity index (χ3v) is 5.59. The Hall–Kier alpha value is -3.12. The normalized spacial score (nSPS) is 17.1. The van der Waals surface area contributed by atoms with Gasteiger partial charge in [0.05, 0.1) is 22.6 Å². The van der Waals surface area contributed by atoms with E-state index in [2.05, 4.69) is 15.3 Å². The van der Waals surface area contributed by atoms with Gasteiger partial charge < -0.3 is 11.1 Å². The quantitative estimate of drug-likeness (QED) is 0.628. The highest BCUT2D eigenvalue weighted by Gasteiger charge is 2.22. The zero-order valence-electron chi connectivity index (χ0n) is 21.3. The molecule has 0 spiro atoms. The highest BCUT2D eigenvalue weighted by Crippen LogP contribution is 2.29. The monoisotopic (exact) mass is 407 g/mol. The Balaban J connectivity index is 1.53. The highest BCUT2D eigenvalue weighted by atomic mass is 16.1. The number of anilines is 2. The molecule has 0 saturated carbocycles. The van der Waals surface area contributed by atoms with Crippen LogP contribution in [0.15, 0.2) is 54.6 Å². The lowest BCUT2D eigenvalue weighted by Gasteiger charge is -2.32. The number of benzene rings is 2. The third kappa shape index (κ3) is 4.54. The SMILES string of the molecule is [2H]c1c([2H])c(C2CCN(Cc3cn(C)nc3C)CC2)c([2H])c([2H])c1C(=O)Nc1ccccc1N. The zero-order valence-corrected chi connectivity index (χ0v) is 17.3. The molecule has 2 aromatic carbocycles. The predicted molar refractivity (Wildman–Crippen MR) is 120 cm³/mol. The van der Waals surface area contributed by atoms with Crippen molar-refractivity contribution in [3.05, 3.63) is 77.0 Å². The van der Waals surface area contributed by atoms with Gasteiger partial charge in [0.15, 0.2) is 0 Å². The Morgan fingerprint density at radius 1 is 1.23 bits per heavy atom. The summed E-state index contributed by atoms with van der Waals surface area (Å²) >= 11 is 0. The average molecular weight is 408 g/mol. The second kappa shape index (κ2) is 8.71. The summed E-state index contributed by atoms with van der Waals surface area (Å²) in [4.78, 5) is 15.2. The summed E-state index contributed by atoms with van der Waals surface area (Å²) in [5.41, 5.74) is 8.91. The Labute approximate surface area is 183 Å². The number of likely N-dealkylation sites (tertiary alicyclic amines) is 1. The molecule has 3 aromatic rings. The number of nitrogens with one attached hydrogen (secondary N) is 1. The van der Waals surface area contributed by atoms with Crippen molar-refractivity contribution in [3.63, 3.8) is 0 Å². The van der Waals surface area contributed by atoms with E-state index in [9.17, 15) is 4.79 Å². The Morgan fingerprint density at radius 3 is 2.57 bits per heavy atom. The molecule has 0 unspecified atom stereocenters. The minimum atomic E-state index is -0.705. The summed E-state index contributed by atoms with van der Waals surface area (Å²) in [6.07, 6.45) is 3.47. The second-order valence-corrected chi connectivity index (χ2v) is 7.79. The molecule has 3 N–H and O–H groups in total. The molecular formula is C24H29N5O. The first-order chi connectivity index (χ1) is 16.2. The van der Waals surface area contributed by atoms with Gasteiger partial charge in [0, 0.05) is 30.9 Å². The van der Waals surface area contributed by atoms with Crippen LogP contribution in [-0.4, -0.2) is 33.7 Å². The number of nitrogen functional groups attached to an aromatic ring is 1. The van der Waals surface area contributed by atoms with E-state index in [-0.39, 0.29) is 35.7 Å². The largest absolute Gasteiger partial charge is 0.397 e. The molecule has 6 heteroatoms. The number of piperidine rings is 1. The van der Waals surface area contributed by atoms with Gasteiger partial charge in [0.1, 0.15) is 0 Å². The number of carbonyl (C=O) groups is 1. The van der Waals surface area contributed by atoms with Crippen molar-refractivity contribution in [2.45, 2.75) is 32.2 Å². The fraction of sp³-hybridized carbons (Fsp3) is 0.333. The number of aromatic nitrogens is 2. The number of para-hydroxylation sites is 2. The number of rotatable bonds is 5. The van der Waals surface area contributed by atoms with Crippen LogP contribution < -0.4 is 11.1 Å². The molecule has 0 atom stereocenters. The van der Waals surface area contributed by atoms with Crippen molar-refractivity contribution in [2.24, 2.45) is 7.05 Å². The van der Waals surface area contributed by atoms with Crippen LogP contribution in [0, 0.1) is 6.92 Å². The van der Waals surface area contributed by atoms with Crippen LogP contribution >= 0.6 is 0 Å². The van der Waals surface area contributed by atoms with Gasteiger partial charge in [-0.25, -0.2) is 0 Å². The lowest BCUT2D eigenvalue weighted by Crippen LogP contribution is -2.32. The molecule has 0 aliphatic carbocycles. The van der Waals surface area contributed by atoms with Crippen LogP contribution in [0.3, 0.4) is 0 Å². The number of nitrogens with zero attached hydrogens (tertiary/aromatic N) is 3. The van der Waals surface area contributed by atoms with Crippen LogP contribution in [0.5, 0.6) is 0 Å². The van der Waals surface area contributed by atoms with Gasteiger partial charge in [0.25, 0.3) is 5.91 Å². The minimum Gasteiger partial charge on any atom is -0.397 e. The molecule has 1 aliphatic heterocycles. The van der Waals surface area contributed by atoms with Crippen LogP contribution in [0.1, 0.15) is 51.4 Å². The van der Waals surface area contributed by atoms with Crippen LogP contribution in [0.4, 0.5) is 11.4 Å². The van der Waals surface area contributed by atoms with Crippen molar-refractivity contribution in [2.75, 3.05) is 24.1 Å². The van der Waals surface area contributed by atoms with Gasteiger partial charge in [-0.05, 0) is 68.6 Å². The average Bonchev–Trinajstić information content (AvgIpc) is 3.12. The number of aryl methyl sites for hydroxylation is 2. The first kappa shape index (κ1) is 15.7. The van der Waals surface area contributed by atoms with E-state index in [1.165, 1.54) is 5.56 Å². The lowest BCUT2D eigenvalue weighted by molar-refractivity contribution is 0.102. The molecule has 4 rings (SSSR count). The Morgan fingerprint density at radius 2 is 1.93 bits per heavy atom. The van der Waals surface area contributed by atoms with Gasteiger partial charge in [-0.1, -0.05) is 24.2 Å². The fourth-order valence-electron chi connectivity index (χ4n) is 3.86. The Bertz CT molecular complexity index is 1210. The zero-order chi connectivity index (χ0) is 24.6. The molecule has 156 valence electrons. The molecule has 0 bridgehead atoms. The fourth-order valence-corrected chi connectivity index (χ4v) is 3.86. The highest BCUT2D eigenvalue weighted by molar-refractivity contribution is 6.05. The molecular weight excluding hydrogens is 374 g/mol. The third-order valence-electron chi connectivity index (χ3n) is 5.59. The van der Waals surface area contributed by atoms with Gasteiger partial charge >= 0.3 is 0 Å². The van der Waals surface area contributed by atoms with Gasteiger partial charge in [0.2, 0.25) is 0 Å². The van der Waals surface area contributed by atoms with E-state index in [0.29, 0.717) is 16.9 Å². The van der Waals surface area contributed by atoms with E-state index < -0.39 is 5.91 Å². The molecule has 1 saturated heterocycles. The van der Waals surface area contributed by atoms with Crippen molar-refractivity contribution >= 4 is 17.3 Å². The first-order valence-corrected chi connectivity index (χ1v) is 10.1. The summed E-state index contributed by atoms with van der Waals surface area (Å²) in [5, 5.41) is 7.01. The lowest BCUT2D eigenvalue weighted by atomic mass is 9.89. The van der Waals surface area contributed by atoms with Crippen LogP contribution in [0.2, 0.25) is 0 Å². The van der Waals surface area contributed by atoms with Crippen LogP contribution in [0.25, 0.3) is 0 Å². The molecule has 30 heavy (non-hydrogen) atoms. The maximum absolute atomic E-state index is 12.9. The second-order valence-electron chi connectivity index (χ2n) is 7.79. The number of hydrogen-bond acceptors (Lipinski definition) is 4. The molecule has 1 fully saturated rings. The summed E-state index contributed by atoms with van der Waals surface area (Å²) in [6, 6.07) is 5.77. The number of nitrogens with two attached hydrogens (primary N) is 1. The summed E-state index contributed by atoms with van der Waals surface area (Å²) < 4.78 is 35.8. The molecule has 6 nitrogen and oxygen atoms in total. The smallest absolute Gasteiger partial charge is 0.255 e. The minimum absolute atomic E-state index is 0.0960. The maximum atomic E-state index is 12.9. The number of hydrogen-bond donors (Lipinski definition) is 2. The summed E-state index contributed by atoms with van der Waals surface area (Å²) in [6.45, 7) is 4.36. The summed E-state index contributed by atoms with van der Waals surface area (Å²) in [5.74, 6) is -0.801. The molecule has 2 heterocycles. The predicted octanol–water partition coefficient (Wildman–Crippen LogP) is 3.94. The molecule has 0 radical (unpaired) electrons. The Kier molecular flexibility index (Phi) is 4.56. The van der Waals surface area contributed by atoms with E-state index >= 15 is 0 Å². The summed E-state index contributed by atoms with van der Waals surface area (Å²) in [7, 11) is 1.91. The van der Waals surface area contributed by atoms with Crippen molar-refractivity contribution in [3.8, 4) is 0 Å². The van der Waals surface area contributed by atoms with Gasteiger partial charge in [-0.2, -0.15) is 5.10 Å². The van der Waals surface area contributed by atoms with E-state index in [1.54, 1.807) is 24.3 Å². The van der Waals surface area contributed by atoms with Gasteiger partial charge in [-0.3, -0.25) is 14.4 Å². The van der Waals surface area contributed by atoms with E-state index in [4.69, 9.17) is 11.2 Å². The number of carbonyl (C=O) groups excluding carboxylic acids is 1. The van der Waals surface area contributed by atoms with Crippen molar-refractivity contribution < 1.29 is 10.3 Å². The maximum Gasteiger partial charge on any atom is 0.255 e. The van der Waals surface area contributed by atoms with Crippen molar-refractivity contribution in [1.82, 2.24) is 14.7 Å². The van der Waals surface area contributed by atoms with Gasteiger partial charge in [-0.15, -0.1) is 0 Å². The van der Waals surface area contributed by atoms with Crippen LogP contribution in [-0.2, 0) is 13.6 Å². The first-order valence-electron chi connectivity index (χ1n) is 12.1. The van der Waals surface area contributed by atoms with E-state index in [0.717, 1.165) is 38.2 Å². The number of amides is 1. The molecule has 1 aromatic heterocycles. The molecule has 1 aliphatic rings. The van der Waals surface area contributed by atoms with E-state index in [1.807, 2.05) is 24.9 Å². The van der Waals surface area contributed by atoms with Crippen molar-refractivity contribution in [1.29, 1.82) is 0 Å². The topological polar surface area (TPSA) is 76.2 Å². The molecule has 1 amide bonds. The standard InChI is InChI=1S/C24H29N5O/c1-17-21(15-28(2)27-17)16-29-13-11-19(12-14-29)18-7-9-20(10-8-18)24(30)26-23-6-4-3-5-22(23)25/h3-10,15,19H,11-14,16,25H2,1-2H3,(H,26,30)/i7D,8D,9D,10D.